The molecule has 0 unspecified atom stereocenters. The summed E-state index contributed by atoms with van der Waals surface area (Å²) in [5.74, 6) is 0. The first-order chi connectivity index (χ1) is 38.2. The fourth-order valence-corrected chi connectivity index (χ4v) is 15.1. The first kappa shape index (κ1) is 41.4. The summed E-state index contributed by atoms with van der Waals surface area (Å²) in [5.41, 5.74) is 28.3. The molecule has 0 fully saturated rings. The number of benzene rings is 12. The number of nitrogens with zero attached hydrogens (tertiary/aromatic N) is 2. The normalized spacial score (nSPS) is 14.2. The van der Waals surface area contributed by atoms with Crippen molar-refractivity contribution in [1.82, 2.24) is 4.57 Å². The Morgan fingerprint density at radius 2 is 0.753 bits per heavy atom. The van der Waals surface area contributed by atoms with E-state index in [9.17, 15) is 0 Å². The van der Waals surface area contributed by atoms with Crippen molar-refractivity contribution in [1.29, 1.82) is 0 Å². The van der Waals surface area contributed by atoms with Gasteiger partial charge in [-0.3, -0.25) is 0 Å². The zero-order valence-corrected chi connectivity index (χ0v) is 41.7. The van der Waals surface area contributed by atoms with Crippen molar-refractivity contribution in [2.24, 2.45) is 0 Å². The molecule has 0 radical (unpaired) electrons. The zero-order chi connectivity index (χ0) is 50.1. The van der Waals surface area contributed by atoms with E-state index in [1.165, 1.54) is 105 Å². The molecule has 12 aromatic carbocycles. The number of fused-ring (bicyclic) bond motifs is 25. The molecule has 0 N–H and O–H groups in total. The van der Waals surface area contributed by atoms with Crippen LogP contribution in [0.1, 0.15) is 44.5 Å². The third kappa shape index (κ3) is 5.12. The summed E-state index contributed by atoms with van der Waals surface area (Å²) >= 11 is 0. The Balaban J connectivity index is 0.905. The van der Waals surface area contributed by atoms with E-state index in [0.29, 0.717) is 0 Å². The lowest BCUT2D eigenvalue weighted by molar-refractivity contribution is 0.669. The minimum Gasteiger partial charge on any atom is -0.456 e. The smallest absolute Gasteiger partial charge is 0.135 e. The van der Waals surface area contributed by atoms with Crippen molar-refractivity contribution < 1.29 is 4.42 Å². The molecule has 3 nitrogen and oxygen atoms in total. The van der Waals surface area contributed by atoms with Gasteiger partial charge in [0.1, 0.15) is 11.2 Å². The monoisotopic (exact) mass is 976 g/mol. The number of hydrogen-bond acceptors (Lipinski definition) is 2. The van der Waals surface area contributed by atoms with E-state index in [1.807, 2.05) is 12.1 Å². The average Bonchev–Trinajstić information content (AvgIpc) is 4.41. The maximum absolute atomic E-state index is 6.27. The molecule has 18 rings (SSSR count). The summed E-state index contributed by atoms with van der Waals surface area (Å²) in [6.45, 7) is 0. The molecule has 4 aliphatic rings. The Morgan fingerprint density at radius 3 is 1.40 bits per heavy atom. The molecule has 3 heterocycles. The SMILES string of the molecule is c1ccc2c(c1)-c1ccccc1C21c2ccccc2-c2ccc(N(c3ccc(-c4ccc5oc6ccccc6c5c4)cc3)c3ccc4c(c3)-n3c5ccccc5c5cccc(c53)C43c4ccccc4-c4ccccc43)cc21. The van der Waals surface area contributed by atoms with Crippen molar-refractivity contribution in [3.8, 4) is 50.2 Å². The molecule has 0 saturated carbocycles. The minimum atomic E-state index is -0.548. The number of aromatic nitrogens is 1. The van der Waals surface area contributed by atoms with Crippen LogP contribution in [0.2, 0.25) is 0 Å². The highest BCUT2D eigenvalue weighted by Crippen LogP contribution is 2.65. The van der Waals surface area contributed by atoms with Crippen LogP contribution in [0.4, 0.5) is 17.1 Å². The van der Waals surface area contributed by atoms with Crippen LogP contribution >= 0.6 is 0 Å². The molecule has 0 amide bonds. The molecule has 0 bridgehead atoms. The fourth-order valence-electron chi connectivity index (χ4n) is 15.1. The maximum Gasteiger partial charge on any atom is 0.135 e. The summed E-state index contributed by atoms with van der Waals surface area (Å²) in [4.78, 5) is 2.51. The van der Waals surface area contributed by atoms with E-state index in [1.54, 1.807) is 0 Å². The number of furan rings is 1. The number of rotatable bonds is 4. The molecule has 3 aliphatic carbocycles. The number of anilines is 3. The quantitative estimate of drug-likeness (QED) is 0.175. The van der Waals surface area contributed by atoms with Gasteiger partial charge in [0, 0.05) is 38.6 Å². The molecule has 0 saturated heterocycles. The standard InChI is InChI=1S/C74H44N2O/c1-8-24-60-50(16-1)51-17-2-9-25-61(51)73(60)62-26-10-5-20-54(62)55-39-37-48(43-67(55)73)75(47-35-32-45(33-36-47)46-34-41-71-59(42-46)57-22-7-14-31-70(57)77-71)49-38-40-65-69(44-49)76-68-30-13-6-21-56(68)58-23-15-29-66(72(58)76)74(65)63-27-11-3-18-52(63)53-19-4-12-28-64(53)74/h1-44H. The lowest BCUT2D eigenvalue weighted by atomic mass is 9.65. The van der Waals surface area contributed by atoms with Gasteiger partial charge in [-0.25, -0.2) is 0 Å². The Hall–Kier alpha value is -9.96. The summed E-state index contributed by atoms with van der Waals surface area (Å²) < 4.78 is 8.85. The second-order valence-corrected chi connectivity index (χ2v) is 21.4. The highest BCUT2D eigenvalue weighted by molar-refractivity contribution is 6.13. The molecule has 356 valence electrons. The second-order valence-electron chi connectivity index (χ2n) is 21.4. The molecule has 1 aliphatic heterocycles. The van der Waals surface area contributed by atoms with Gasteiger partial charge in [0.15, 0.2) is 0 Å². The molecule has 3 heteroatoms. The van der Waals surface area contributed by atoms with Crippen LogP contribution in [0.15, 0.2) is 271 Å². The topological polar surface area (TPSA) is 21.3 Å². The molecule has 77 heavy (non-hydrogen) atoms. The van der Waals surface area contributed by atoms with Gasteiger partial charge in [-0.05, 0) is 150 Å². The van der Waals surface area contributed by atoms with Crippen LogP contribution in [-0.4, -0.2) is 4.57 Å². The Morgan fingerprint density at radius 1 is 0.286 bits per heavy atom. The van der Waals surface area contributed by atoms with Crippen LogP contribution < -0.4 is 4.90 Å². The molecule has 14 aromatic rings. The van der Waals surface area contributed by atoms with Crippen LogP contribution in [0, 0.1) is 0 Å². The number of hydrogen-bond donors (Lipinski definition) is 0. The van der Waals surface area contributed by atoms with E-state index < -0.39 is 10.8 Å². The van der Waals surface area contributed by atoms with Gasteiger partial charge in [-0.1, -0.05) is 206 Å². The first-order valence-electron chi connectivity index (χ1n) is 26.8. The highest BCUT2D eigenvalue weighted by atomic mass is 16.3. The van der Waals surface area contributed by atoms with E-state index >= 15 is 0 Å². The zero-order valence-electron chi connectivity index (χ0n) is 41.7. The van der Waals surface area contributed by atoms with Crippen molar-refractivity contribution in [3.05, 3.63) is 311 Å². The lowest BCUT2D eigenvalue weighted by Crippen LogP contribution is -2.33. The Bertz CT molecular complexity index is 4780. The van der Waals surface area contributed by atoms with Crippen molar-refractivity contribution in [3.63, 3.8) is 0 Å². The predicted octanol–water partition coefficient (Wildman–Crippen LogP) is 18.8. The Kier molecular flexibility index (Phi) is 8.00. The highest BCUT2D eigenvalue weighted by Gasteiger charge is 2.53. The fraction of sp³-hybridized carbons (Fsp3) is 0.0270. The molecular weight excluding hydrogens is 933 g/mol. The Labute approximate surface area is 444 Å². The van der Waals surface area contributed by atoms with Crippen molar-refractivity contribution in [2.45, 2.75) is 10.8 Å². The van der Waals surface area contributed by atoms with Gasteiger partial charge in [0.05, 0.1) is 27.6 Å². The second kappa shape index (κ2) is 14.9. The van der Waals surface area contributed by atoms with Crippen LogP contribution in [0.3, 0.4) is 0 Å². The van der Waals surface area contributed by atoms with Crippen LogP contribution in [0.5, 0.6) is 0 Å². The third-order valence-electron chi connectivity index (χ3n) is 18.0. The molecule has 2 aromatic heterocycles. The van der Waals surface area contributed by atoms with Crippen LogP contribution in [0.25, 0.3) is 93.9 Å². The molecule has 2 spiro atoms. The summed E-state index contributed by atoms with van der Waals surface area (Å²) in [5, 5.41) is 4.78. The van der Waals surface area contributed by atoms with E-state index in [4.69, 9.17) is 4.42 Å². The van der Waals surface area contributed by atoms with Crippen molar-refractivity contribution in [2.75, 3.05) is 4.90 Å². The van der Waals surface area contributed by atoms with E-state index in [0.717, 1.165) is 50.1 Å². The van der Waals surface area contributed by atoms with Gasteiger partial charge in [0.2, 0.25) is 0 Å². The number of para-hydroxylation sites is 3. The molecular formula is C74H44N2O. The minimum absolute atomic E-state index is 0.495. The van der Waals surface area contributed by atoms with Gasteiger partial charge in [-0.2, -0.15) is 0 Å². The van der Waals surface area contributed by atoms with Gasteiger partial charge < -0.3 is 13.9 Å². The summed E-state index contributed by atoms with van der Waals surface area (Å²) in [6, 6.07) is 100. The molecule has 0 atom stereocenters. The van der Waals surface area contributed by atoms with Gasteiger partial charge in [0.25, 0.3) is 0 Å². The first-order valence-corrected chi connectivity index (χ1v) is 26.8. The average molecular weight is 977 g/mol. The van der Waals surface area contributed by atoms with Gasteiger partial charge >= 0.3 is 0 Å². The van der Waals surface area contributed by atoms with Crippen LogP contribution in [-0.2, 0) is 10.8 Å². The largest absolute Gasteiger partial charge is 0.456 e. The third-order valence-corrected chi connectivity index (χ3v) is 18.0. The predicted molar refractivity (Wildman–Crippen MR) is 315 cm³/mol. The maximum atomic E-state index is 6.27. The van der Waals surface area contributed by atoms with E-state index in [-0.39, 0.29) is 0 Å². The van der Waals surface area contributed by atoms with E-state index in [2.05, 4.69) is 264 Å². The summed E-state index contributed by atoms with van der Waals surface area (Å²) in [7, 11) is 0. The summed E-state index contributed by atoms with van der Waals surface area (Å²) in [6.07, 6.45) is 0. The van der Waals surface area contributed by atoms with Gasteiger partial charge in [-0.15, -0.1) is 0 Å². The van der Waals surface area contributed by atoms with Crippen molar-refractivity contribution >= 4 is 60.8 Å². The lowest BCUT2D eigenvalue weighted by Gasteiger charge is -2.40.